The first-order valence-electron chi connectivity index (χ1n) is 8.58. The molecule has 6 nitrogen and oxygen atoms in total. The molecule has 1 aromatic carbocycles. The van der Waals surface area contributed by atoms with Crippen LogP contribution in [0.1, 0.15) is 11.7 Å². The number of benzene rings is 1. The predicted octanol–water partition coefficient (Wildman–Crippen LogP) is 1.88. The summed E-state index contributed by atoms with van der Waals surface area (Å²) in [5, 5.41) is 10.4. The molecule has 2 aromatic heterocycles. The molecule has 1 atom stereocenters. The lowest BCUT2D eigenvalue weighted by molar-refractivity contribution is 0.109. The van der Waals surface area contributed by atoms with Gasteiger partial charge in [0.2, 0.25) is 0 Å². The summed E-state index contributed by atoms with van der Waals surface area (Å²) < 4.78 is 0. The number of hydrogen-bond donors (Lipinski definition) is 1. The first-order chi connectivity index (χ1) is 12.3. The van der Waals surface area contributed by atoms with Crippen LogP contribution < -0.4 is 4.90 Å². The van der Waals surface area contributed by atoms with Crippen molar-refractivity contribution in [2.45, 2.75) is 6.10 Å². The predicted molar refractivity (Wildman–Crippen MR) is 97.4 cm³/mol. The summed E-state index contributed by atoms with van der Waals surface area (Å²) in [6.07, 6.45) is 2.91. The van der Waals surface area contributed by atoms with E-state index in [0.29, 0.717) is 12.2 Å². The van der Waals surface area contributed by atoms with Gasteiger partial charge >= 0.3 is 0 Å². The average molecular weight is 335 g/mol. The largest absolute Gasteiger partial charge is 0.387 e. The molecule has 0 spiro atoms. The summed E-state index contributed by atoms with van der Waals surface area (Å²) in [5.41, 5.74) is 2.47. The van der Waals surface area contributed by atoms with Gasteiger partial charge in [0.15, 0.2) is 5.65 Å². The zero-order valence-corrected chi connectivity index (χ0v) is 14.0. The maximum atomic E-state index is 10.4. The Morgan fingerprint density at radius 2 is 1.68 bits per heavy atom. The molecule has 6 heteroatoms. The SMILES string of the molecule is OC(CN1CCN(c2ccc3nccnc3n2)CC1)c1ccccc1. The van der Waals surface area contributed by atoms with Gasteiger partial charge in [0.05, 0.1) is 6.10 Å². The number of aliphatic hydroxyl groups is 1. The summed E-state index contributed by atoms with van der Waals surface area (Å²) >= 11 is 0. The van der Waals surface area contributed by atoms with Crippen LogP contribution in [0.15, 0.2) is 54.9 Å². The molecule has 0 radical (unpaired) electrons. The van der Waals surface area contributed by atoms with Gasteiger partial charge in [0, 0.05) is 45.1 Å². The molecule has 0 saturated carbocycles. The van der Waals surface area contributed by atoms with E-state index in [4.69, 9.17) is 0 Å². The minimum Gasteiger partial charge on any atom is -0.387 e. The standard InChI is InChI=1S/C19H21N5O/c25-17(15-4-2-1-3-5-15)14-23-10-12-24(13-11-23)18-7-6-16-19(22-18)21-9-8-20-16/h1-9,17,25H,10-14H2. The molecule has 1 saturated heterocycles. The van der Waals surface area contributed by atoms with E-state index in [0.717, 1.165) is 43.1 Å². The van der Waals surface area contributed by atoms with Crippen molar-refractivity contribution in [3.63, 3.8) is 0 Å². The van der Waals surface area contributed by atoms with Crippen molar-refractivity contribution >= 4 is 17.0 Å². The van der Waals surface area contributed by atoms with E-state index in [1.54, 1.807) is 12.4 Å². The van der Waals surface area contributed by atoms with E-state index >= 15 is 0 Å². The monoisotopic (exact) mass is 335 g/mol. The van der Waals surface area contributed by atoms with Gasteiger partial charge < -0.3 is 10.0 Å². The Morgan fingerprint density at radius 1 is 0.920 bits per heavy atom. The molecule has 1 fully saturated rings. The van der Waals surface area contributed by atoms with Gasteiger partial charge in [-0.3, -0.25) is 9.88 Å². The summed E-state index contributed by atoms with van der Waals surface area (Å²) in [6, 6.07) is 13.8. The van der Waals surface area contributed by atoms with Crippen LogP contribution in [-0.4, -0.2) is 57.7 Å². The van der Waals surface area contributed by atoms with E-state index < -0.39 is 6.10 Å². The Morgan fingerprint density at radius 3 is 2.48 bits per heavy atom. The number of fused-ring (bicyclic) bond motifs is 1. The van der Waals surface area contributed by atoms with Gasteiger partial charge in [-0.15, -0.1) is 0 Å². The fraction of sp³-hybridized carbons (Fsp3) is 0.316. The maximum Gasteiger partial charge on any atom is 0.180 e. The van der Waals surface area contributed by atoms with Crippen LogP contribution >= 0.6 is 0 Å². The number of hydrogen-bond acceptors (Lipinski definition) is 6. The lowest BCUT2D eigenvalue weighted by Crippen LogP contribution is -2.47. The lowest BCUT2D eigenvalue weighted by atomic mass is 10.1. The fourth-order valence-electron chi connectivity index (χ4n) is 3.21. The van der Waals surface area contributed by atoms with Crippen molar-refractivity contribution in [3.05, 3.63) is 60.4 Å². The molecule has 1 unspecified atom stereocenters. The fourth-order valence-corrected chi connectivity index (χ4v) is 3.21. The molecule has 1 aliphatic heterocycles. The first-order valence-corrected chi connectivity index (χ1v) is 8.58. The maximum absolute atomic E-state index is 10.4. The highest BCUT2D eigenvalue weighted by Crippen LogP contribution is 2.19. The first kappa shape index (κ1) is 15.9. The number of aliphatic hydroxyl groups excluding tert-OH is 1. The molecule has 1 N–H and O–H groups in total. The molecular weight excluding hydrogens is 314 g/mol. The van der Waals surface area contributed by atoms with Gasteiger partial charge in [0.1, 0.15) is 11.3 Å². The van der Waals surface area contributed by atoms with Crippen LogP contribution in [-0.2, 0) is 0 Å². The molecule has 25 heavy (non-hydrogen) atoms. The highest BCUT2D eigenvalue weighted by atomic mass is 16.3. The Hall–Kier alpha value is -2.57. The number of piperazine rings is 1. The molecule has 1 aliphatic rings. The molecule has 0 amide bonds. The van der Waals surface area contributed by atoms with Crippen molar-refractivity contribution in [1.82, 2.24) is 19.9 Å². The van der Waals surface area contributed by atoms with Crippen LogP contribution in [0.2, 0.25) is 0 Å². The van der Waals surface area contributed by atoms with Gasteiger partial charge in [-0.1, -0.05) is 30.3 Å². The quantitative estimate of drug-likeness (QED) is 0.785. The van der Waals surface area contributed by atoms with E-state index in [-0.39, 0.29) is 0 Å². The van der Waals surface area contributed by atoms with Crippen LogP contribution in [0.4, 0.5) is 5.82 Å². The van der Waals surface area contributed by atoms with Crippen LogP contribution in [0.5, 0.6) is 0 Å². The Balaban J connectivity index is 1.37. The molecule has 0 bridgehead atoms. The van der Waals surface area contributed by atoms with Crippen LogP contribution in [0, 0.1) is 0 Å². The van der Waals surface area contributed by atoms with E-state index in [1.165, 1.54) is 0 Å². The van der Waals surface area contributed by atoms with Gasteiger partial charge in [-0.25, -0.2) is 9.97 Å². The second-order valence-electron chi connectivity index (χ2n) is 6.28. The topological polar surface area (TPSA) is 65.4 Å². The second kappa shape index (κ2) is 7.13. The Kier molecular flexibility index (Phi) is 4.54. The number of β-amino-alcohol motifs (C(OH)–C–C–N with tert-alkyl or cyclic N) is 1. The van der Waals surface area contributed by atoms with Gasteiger partial charge in [-0.05, 0) is 17.7 Å². The average Bonchev–Trinajstić information content (AvgIpc) is 2.69. The number of pyridine rings is 1. The van der Waals surface area contributed by atoms with Crippen LogP contribution in [0.25, 0.3) is 11.2 Å². The van der Waals surface area contributed by atoms with E-state index in [1.807, 2.05) is 42.5 Å². The normalized spacial score (nSPS) is 16.9. The minimum atomic E-state index is -0.443. The molecular formula is C19H21N5O. The van der Waals surface area contributed by atoms with Crippen molar-refractivity contribution in [2.24, 2.45) is 0 Å². The third-order valence-corrected chi connectivity index (χ3v) is 4.63. The summed E-state index contributed by atoms with van der Waals surface area (Å²) in [6.45, 7) is 4.25. The zero-order chi connectivity index (χ0) is 17.1. The lowest BCUT2D eigenvalue weighted by Gasteiger charge is -2.36. The third kappa shape index (κ3) is 3.60. The van der Waals surface area contributed by atoms with Crippen molar-refractivity contribution in [1.29, 1.82) is 0 Å². The van der Waals surface area contributed by atoms with Gasteiger partial charge in [-0.2, -0.15) is 0 Å². The van der Waals surface area contributed by atoms with E-state index in [9.17, 15) is 5.11 Å². The van der Waals surface area contributed by atoms with Crippen LogP contribution in [0.3, 0.4) is 0 Å². The summed E-state index contributed by atoms with van der Waals surface area (Å²) in [7, 11) is 0. The van der Waals surface area contributed by atoms with Crippen molar-refractivity contribution in [3.8, 4) is 0 Å². The van der Waals surface area contributed by atoms with Crippen molar-refractivity contribution < 1.29 is 5.11 Å². The molecule has 3 heterocycles. The molecule has 3 aromatic rings. The number of aromatic nitrogens is 3. The Labute approximate surface area is 146 Å². The van der Waals surface area contributed by atoms with Crippen molar-refractivity contribution in [2.75, 3.05) is 37.6 Å². The third-order valence-electron chi connectivity index (χ3n) is 4.63. The summed E-state index contributed by atoms with van der Waals surface area (Å²) in [5.74, 6) is 0.941. The summed E-state index contributed by atoms with van der Waals surface area (Å²) in [4.78, 5) is 17.7. The molecule has 128 valence electrons. The number of rotatable bonds is 4. The van der Waals surface area contributed by atoms with E-state index in [2.05, 4.69) is 24.8 Å². The molecule has 0 aliphatic carbocycles. The Bertz CT molecular complexity index is 833. The number of anilines is 1. The second-order valence-corrected chi connectivity index (χ2v) is 6.28. The van der Waals surface area contributed by atoms with Gasteiger partial charge in [0.25, 0.3) is 0 Å². The number of nitrogens with zero attached hydrogens (tertiary/aromatic N) is 5. The minimum absolute atomic E-state index is 0.443. The smallest absolute Gasteiger partial charge is 0.180 e. The highest BCUT2D eigenvalue weighted by molar-refractivity contribution is 5.71. The zero-order valence-electron chi connectivity index (χ0n) is 14.0. The highest BCUT2D eigenvalue weighted by Gasteiger charge is 2.21. The molecule has 4 rings (SSSR count).